The first kappa shape index (κ1) is 26.4. The van der Waals surface area contributed by atoms with Crippen molar-refractivity contribution in [2.75, 3.05) is 26.2 Å². The minimum atomic E-state index is -2.49. The average molecular weight is 515 g/mol. The van der Waals surface area contributed by atoms with E-state index in [1.54, 1.807) is 17.8 Å². The molecule has 1 amide bonds. The summed E-state index contributed by atoms with van der Waals surface area (Å²) in [6.07, 6.45) is 7.44. The van der Waals surface area contributed by atoms with Crippen LogP contribution < -0.4 is 16.0 Å². The summed E-state index contributed by atoms with van der Waals surface area (Å²) in [4.78, 5) is 15.7. The monoisotopic (exact) mass is 514 g/mol. The quantitative estimate of drug-likeness (QED) is 0.429. The molecule has 6 nitrogen and oxygen atoms in total. The van der Waals surface area contributed by atoms with Gasteiger partial charge in [0.1, 0.15) is 18.5 Å². The van der Waals surface area contributed by atoms with Gasteiger partial charge in [0, 0.05) is 48.9 Å². The Kier molecular flexibility index (Phi) is 9.10. The average Bonchev–Trinajstić information content (AvgIpc) is 3.12. The Morgan fingerprint density at radius 3 is 2.80 bits per heavy atom. The third kappa shape index (κ3) is 7.92. The van der Waals surface area contributed by atoms with Crippen LogP contribution in [0.4, 0.5) is 13.2 Å². The molecule has 10 heteroatoms. The Morgan fingerprint density at radius 1 is 1.31 bits per heavy atom. The van der Waals surface area contributed by atoms with Crippen molar-refractivity contribution < 1.29 is 22.7 Å². The first-order chi connectivity index (χ1) is 16.8. The van der Waals surface area contributed by atoms with Crippen molar-refractivity contribution in [2.24, 2.45) is 0 Å². The van der Waals surface area contributed by atoms with E-state index >= 15 is 4.39 Å². The minimum absolute atomic E-state index is 0.0153. The van der Waals surface area contributed by atoms with Gasteiger partial charge in [-0.3, -0.25) is 4.79 Å². The third-order valence-corrected chi connectivity index (χ3v) is 8.27. The maximum absolute atomic E-state index is 15.5. The number of hydrogen-bond donors (Lipinski definition) is 3. The highest BCUT2D eigenvalue weighted by Gasteiger charge is 2.36. The number of alkyl halides is 3. The van der Waals surface area contributed by atoms with E-state index in [1.807, 2.05) is 12.3 Å². The largest absolute Gasteiger partial charge is 0.378 e. The lowest BCUT2D eigenvalue weighted by Gasteiger charge is -2.35. The Labute approximate surface area is 210 Å². The van der Waals surface area contributed by atoms with E-state index in [2.05, 4.69) is 27.8 Å². The topological polar surface area (TPSA) is 65.6 Å². The lowest BCUT2D eigenvalue weighted by atomic mass is 9.81. The van der Waals surface area contributed by atoms with E-state index in [-0.39, 0.29) is 11.9 Å². The number of dihydropyridines is 1. The van der Waals surface area contributed by atoms with Crippen LogP contribution in [-0.2, 0) is 9.53 Å². The van der Waals surface area contributed by atoms with Gasteiger partial charge in [-0.25, -0.2) is 13.2 Å². The number of nitrogens with one attached hydrogen (secondary N) is 3. The first-order valence-corrected chi connectivity index (χ1v) is 13.5. The second kappa shape index (κ2) is 12.1. The molecule has 0 aromatic rings. The summed E-state index contributed by atoms with van der Waals surface area (Å²) in [5, 5.41) is 9.81. The predicted octanol–water partition coefficient (Wildman–Crippen LogP) is 4.17. The molecular formula is C25H37F3N4O2S. The summed E-state index contributed by atoms with van der Waals surface area (Å²) < 4.78 is 45.6. The zero-order valence-corrected chi connectivity index (χ0v) is 21.1. The minimum Gasteiger partial charge on any atom is -0.378 e. The molecule has 4 aliphatic rings. The van der Waals surface area contributed by atoms with Gasteiger partial charge in [0.2, 0.25) is 5.91 Å². The van der Waals surface area contributed by atoms with Crippen LogP contribution in [0.2, 0.25) is 0 Å². The number of thioether (sulfide) groups is 1. The second-order valence-corrected chi connectivity index (χ2v) is 11.4. The number of ether oxygens (including phenoxy) is 1. The van der Waals surface area contributed by atoms with Gasteiger partial charge in [0.15, 0.2) is 0 Å². The van der Waals surface area contributed by atoms with Gasteiger partial charge >= 0.3 is 0 Å². The zero-order chi connectivity index (χ0) is 24.8. The number of rotatable bonds is 9. The molecule has 196 valence electrons. The molecular weight excluding hydrogens is 477 g/mol. The van der Waals surface area contributed by atoms with Crippen molar-refractivity contribution in [1.29, 1.82) is 0 Å². The Morgan fingerprint density at radius 2 is 2.09 bits per heavy atom. The molecule has 3 heterocycles. The number of amides is 1. The molecule has 35 heavy (non-hydrogen) atoms. The normalized spacial score (nSPS) is 31.5. The number of hydrogen-bond acceptors (Lipinski definition) is 6. The molecule has 2 atom stereocenters. The van der Waals surface area contributed by atoms with Gasteiger partial charge in [0.25, 0.3) is 6.43 Å². The molecule has 1 fully saturated rings. The SMILES string of the molecule is C[C@@H]1NC=C(CC(=O)NC2CCC(F)(CCN3CCC4=C(CC3)NC(OCC(F)F)C=C4)CC2)S1. The summed E-state index contributed by atoms with van der Waals surface area (Å²) in [6.45, 7) is 3.82. The zero-order valence-electron chi connectivity index (χ0n) is 20.3. The first-order valence-electron chi connectivity index (χ1n) is 12.7. The molecule has 0 aromatic carbocycles. The summed E-state index contributed by atoms with van der Waals surface area (Å²) in [6, 6.07) is 0.0518. The fourth-order valence-electron chi connectivity index (χ4n) is 5.16. The smallest absolute Gasteiger partial charge is 0.261 e. The molecule has 0 bridgehead atoms. The van der Waals surface area contributed by atoms with Crippen molar-refractivity contribution in [3.8, 4) is 0 Å². The summed E-state index contributed by atoms with van der Waals surface area (Å²) in [5.74, 6) is 0.0153. The maximum atomic E-state index is 15.5. The van der Waals surface area contributed by atoms with E-state index in [0.717, 1.165) is 36.5 Å². The summed E-state index contributed by atoms with van der Waals surface area (Å²) in [5.41, 5.74) is 1.03. The maximum Gasteiger partial charge on any atom is 0.261 e. The Bertz CT molecular complexity index is 843. The Balaban J connectivity index is 1.15. The fraction of sp³-hybridized carbons (Fsp3) is 0.720. The standard InChI is InChI=1S/C25H37F3N4O2S/c1-17-29-15-20(35-17)14-23(33)30-19-4-8-25(28,9-5-19)10-13-32-11-6-18-2-3-24(34-16-22(26)27)31-21(18)7-12-32/h2-3,15,17,19,22,24,29,31H,4-14,16H2,1H3,(H,30,33)/t17-,19?,24?,25?/m1/s1. The van der Waals surface area contributed by atoms with E-state index in [4.69, 9.17) is 4.74 Å². The molecule has 1 aliphatic carbocycles. The molecule has 0 spiro atoms. The molecule has 0 radical (unpaired) electrons. The fourth-order valence-corrected chi connectivity index (χ4v) is 6.10. The summed E-state index contributed by atoms with van der Waals surface area (Å²) in [7, 11) is 0. The van der Waals surface area contributed by atoms with Crippen LogP contribution in [0, 0.1) is 0 Å². The van der Waals surface area contributed by atoms with Crippen LogP contribution in [0.25, 0.3) is 0 Å². The molecule has 3 N–H and O–H groups in total. The highest BCUT2D eigenvalue weighted by Crippen LogP contribution is 2.36. The number of carbonyl (C=O) groups is 1. The van der Waals surface area contributed by atoms with Gasteiger partial charge in [0.05, 0.1) is 11.8 Å². The van der Waals surface area contributed by atoms with Crippen LogP contribution in [0.5, 0.6) is 0 Å². The van der Waals surface area contributed by atoms with Crippen molar-refractivity contribution >= 4 is 17.7 Å². The van der Waals surface area contributed by atoms with Crippen LogP contribution in [0.3, 0.4) is 0 Å². The van der Waals surface area contributed by atoms with Crippen LogP contribution in [0.1, 0.15) is 58.3 Å². The van der Waals surface area contributed by atoms with Crippen LogP contribution in [-0.4, -0.2) is 66.8 Å². The number of nitrogens with zero attached hydrogens (tertiary/aromatic N) is 1. The van der Waals surface area contributed by atoms with Gasteiger partial charge in [-0.15, -0.1) is 11.8 Å². The lowest BCUT2D eigenvalue weighted by molar-refractivity contribution is -0.121. The van der Waals surface area contributed by atoms with E-state index in [0.29, 0.717) is 50.4 Å². The molecule has 1 unspecified atom stereocenters. The van der Waals surface area contributed by atoms with E-state index in [1.165, 1.54) is 5.57 Å². The molecule has 0 saturated heterocycles. The van der Waals surface area contributed by atoms with Gasteiger partial charge in [-0.05, 0) is 57.1 Å². The Hall–Kier alpha value is -1.65. The number of carbonyl (C=O) groups excluding carboxylic acids is 1. The summed E-state index contributed by atoms with van der Waals surface area (Å²) >= 11 is 1.67. The molecule has 3 aliphatic heterocycles. The van der Waals surface area contributed by atoms with Crippen molar-refractivity contribution in [2.45, 2.75) is 88.0 Å². The van der Waals surface area contributed by atoms with Crippen molar-refractivity contribution in [3.63, 3.8) is 0 Å². The predicted molar refractivity (Wildman–Crippen MR) is 132 cm³/mol. The van der Waals surface area contributed by atoms with Crippen LogP contribution in [0.15, 0.2) is 34.5 Å². The third-order valence-electron chi connectivity index (χ3n) is 7.22. The van der Waals surface area contributed by atoms with E-state index < -0.39 is 24.9 Å². The van der Waals surface area contributed by atoms with Gasteiger partial charge in [-0.1, -0.05) is 6.08 Å². The second-order valence-electron chi connectivity index (χ2n) is 9.95. The molecule has 4 rings (SSSR count). The van der Waals surface area contributed by atoms with E-state index in [9.17, 15) is 13.6 Å². The highest BCUT2D eigenvalue weighted by atomic mass is 32.2. The van der Waals surface area contributed by atoms with Crippen LogP contribution >= 0.6 is 11.8 Å². The lowest BCUT2D eigenvalue weighted by Crippen LogP contribution is -2.43. The number of allylic oxidation sites excluding steroid dienone is 1. The molecule has 0 aromatic heterocycles. The molecule has 1 saturated carbocycles. The van der Waals surface area contributed by atoms with Crippen molar-refractivity contribution in [3.05, 3.63) is 34.5 Å². The van der Waals surface area contributed by atoms with Gasteiger partial charge in [-0.2, -0.15) is 0 Å². The van der Waals surface area contributed by atoms with Crippen molar-refractivity contribution in [1.82, 2.24) is 20.9 Å². The number of halogens is 3. The highest BCUT2D eigenvalue weighted by molar-refractivity contribution is 8.03. The van der Waals surface area contributed by atoms with Gasteiger partial charge < -0.3 is 25.6 Å².